The number of nitrogens with zero attached hydrogens (tertiary/aromatic N) is 1. The summed E-state index contributed by atoms with van der Waals surface area (Å²) in [6, 6.07) is 11.5. The van der Waals surface area contributed by atoms with Crippen LogP contribution < -0.4 is 15.4 Å². The van der Waals surface area contributed by atoms with Gasteiger partial charge in [-0.05, 0) is 53.9 Å². The summed E-state index contributed by atoms with van der Waals surface area (Å²) in [5.41, 5.74) is 1.67. The predicted molar refractivity (Wildman–Crippen MR) is 130 cm³/mol. The van der Waals surface area contributed by atoms with E-state index in [0.717, 1.165) is 29.0 Å². The zero-order valence-electron chi connectivity index (χ0n) is 19.9. The first-order valence-corrected chi connectivity index (χ1v) is 11.8. The molecule has 5 rings (SSSR count). The molecule has 3 aromatic rings. The third-order valence-corrected chi connectivity index (χ3v) is 6.60. The number of nitrogens with one attached hydrogen (secondary N) is 2. The number of pyridine rings is 1. The molecule has 2 N–H and O–H groups in total. The Kier molecular flexibility index (Phi) is 6.36. The summed E-state index contributed by atoms with van der Waals surface area (Å²) < 4.78 is 50.9. The van der Waals surface area contributed by atoms with E-state index < -0.39 is 23.2 Å². The summed E-state index contributed by atoms with van der Waals surface area (Å²) >= 11 is 0. The van der Waals surface area contributed by atoms with Gasteiger partial charge in [0.15, 0.2) is 0 Å². The molecule has 2 amide bonds. The Morgan fingerprint density at radius 1 is 1.08 bits per heavy atom. The number of alkyl halides is 3. The second kappa shape index (κ2) is 9.51. The lowest BCUT2D eigenvalue weighted by Crippen LogP contribution is -2.43. The zero-order chi connectivity index (χ0) is 26.2. The molecule has 0 atom stereocenters. The molecule has 192 valence electrons. The number of aryl methyl sites for hydroxylation is 1. The van der Waals surface area contributed by atoms with Gasteiger partial charge in [-0.1, -0.05) is 12.1 Å². The smallest absolute Gasteiger partial charge is 0.417 e. The molecule has 1 fully saturated rings. The molecule has 1 aromatic heterocycles. The Labute approximate surface area is 211 Å². The van der Waals surface area contributed by atoms with Gasteiger partial charge in [0.25, 0.3) is 5.91 Å². The van der Waals surface area contributed by atoms with E-state index in [2.05, 4.69) is 15.6 Å². The summed E-state index contributed by atoms with van der Waals surface area (Å²) in [4.78, 5) is 28.7. The van der Waals surface area contributed by atoms with Gasteiger partial charge in [-0.2, -0.15) is 13.2 Å². The predicted octanol–water partition coefficient (Wildman–Crippen LogP) is 5.60. The van der Waals surface area contributed by atoms with E-state index in [1.807, 2.05) is 25.1 Å². The molecular weight excluding hydrogens is 487 g/mol. The van der Waals surface area contributed by atoms with Gasteiger partial charge in [-0.3, -0.25) is 14.6 Å². The number of ether oxygens (including phenoxy) is 2. The molecule has 0 unspecified atom stereocenters. The van der Waals surface area contributed by atoms with Crippen molar-refractivity contribution in [1.29, 1.82) is 0 Å². The Balaban J connectivity index is 1.43. The maximum atomic E-state index is 13.0. The van der Waals surface area contributed by atoms with Gasteiger partial charge in [0, 0.05) is 30.9 Å². The Bertz CT molecular complexity index is 1370. The van der Waals surface area contributed by atoms with Gasteiger partial charge in [0.05, 0.1) is 36.4 Å². The molecule has 10 heteroatoms. The van der Waals surface area contributed by atoms with Crippen LogP contribution in [0.2, 0.25) is 0 Å². The van der Waals surface area contributed by atoms with Crippen molar-refractivity contribution in [3.63, 3.8) is 0 Å². The van der Waals surface area contributed by atoms with Crippen LogP contribution in [0, 0.1) is 6.92 Å². The molecule has 2 aliphatic heterocycles. The number of fused-ring (bicyclic) bond motifs is 1. The van der Waals surface area contributed by atoms with Crippen LogP contribution in [0.5, 0.6) is 5.75 Å². The molecule has 0 radical (unpaired) electrons. The molecule has 2 aliphatic rings. The number of amides is 2. The number of rotatable bonds is 3. The largest absolute Gasteiger partial charge is 0.484 e. The van der Waals surface area contributed by atoms with Crippen molar-refractivity contribution in [3.8, 4) is 16.9 Å². The number of benzene rings is 2. The van der Waals surface area contributed by atoms with Crippen molar-refractivity contribution < 1.29 is 32.2 Å². The van der Waals surface area contributed by atoms with Crippen LogP contribution >= 0.6 is 0 Å². The third-order valence-electron chi connectivity index (χ3n) is 6.60. The second-order valence-electron chi connectivity index (χ2n) is 9.28. The van der Waals surface area contributed by atoms with Crippen molar-refractivity contribution in [2.75, 3.05) is 23.8 Å². The minimum atomic E-state index is -4.60. The number of halogens is 3. The summed E-state index contributed by atoms with van der Waals surface area (Å²) in [5, 5.41) is 5.56. The highest BCUT2D eigenvalue weighted by Gasteiger charge is 2.40. The first-order valence-electron chi connectivity index (χ1n) is 11.8. The lowest BCUT2D eigenvalue weighted by molar-refractivity contribution is -0.137. The topological polar surface area (TPSA) is 89.6 Å². The molecule has 1 spiro atoms. The van der Waals surface area contributed by atoms with Crippen molar-refractivity contribution in [3.05, 3.63) is 71.5 Å². The maximum absolute atomic E-state index is 13.0. The van der Waals surface area contributed by atoms with Crippen LogP contribution in [0.4, 0.5) is 24.5 Å². The van der Waals surface area contributed by atoms with Crippen LogP contribution in [-0.2, 0) is 15.7 Å². The van der Waals surface area contributed by atoms with Gasteiger partial charge < -0.3 is 20.1 Å². The fourth-order valence-electron chi connectivity index (χ4n) is 4.59. The summed E-state index contributed by atoms with van der Waals surface area (Å²) in [5.74, 6) is -0.268. The van der Waals surface area contributed by atoms with E-state index in [-0.39, 0.29) is 17.9 Å². The van der Waals surface area contributed by atoms with E-state index in [0.29, 0.717) is 49.4 Å². The Morgan fingerprint density at radius 3 is 2.62 bits per heavy atom. The first kappa shape index (κ1) is 24.8. The number of hydrogen-bond donors (Lipinski definition) is 2. The van der Waals surface area contributed by atoms with Crippen LogP contribution in [0.15, 0.2) is 54.9 Å². The number of carbonyl (C=O) groups is 2. The van der Waals surface area contributed by atoms with E-state index in [1.165, 1.54) is 0 Å². The van der Waals surface area contributed by atoms with E-state index in [1.54, 1.807) is 18.2 Å². The average Bonchev–Trinajstić information content (AvgIpc) is 2.99. The van der Waals surface area contributed by atoms with E-state index in [4.69, 9.17) is 9.47 Å². The van der Waals surface area contributed by atoms with Gasteiger partial charge in [-0.25, -0.2) is 0 Å². The van der Waals surface area contributed by atoms with Gasteiger partial charge in [0.1, 0.15) is 11.4 Å². The van der Waals surface area contributed by atoms with Crippen LogP contribution in [-0.4, -0.2) is 35.6 Å². The first-order chi connectivity index (χ1) is 17.6. The number of hydrogen-bond acceptors (Lipinski definition) is 5. The summed E-state index contributed by atoms with van der Waals surface area (Å²) in [7, 11) is 0. The SMILES string of the molecule is Cc1ccc(NC(=O)c2cncc(C(F)(F)F)c2)cc1-c1ccc2c(c1)OC1(CCOCC1)CC(=O)N2. The highest BCUT2D eigenvalue weighted by Crippen LogP contribution is 2.41. The monoisotopic (exact) mass is 511 g/mol. The zero-order valence-corrected chi connectivity index (χ0v) is 19.9. The molecule has 1 saturated heterocycles. The molecule has 0 bridgehead atoms. The Morgan fingerprint density at radius 2 is 1.86 bits per heavy atom. The molecule has 0 aliphatic carbocycles. The van der Waals surface area contributed by atoms with Crippen LogP contribution in [0.3, 0.4) is 0 Å². The molecule has 0 saturated carbocycles. The van der Waals surface area contributed by atoms with Crippen molar-refractivity contribution in [2.45, 2.75) is 38.0 Å². The fourth-order valence-corrected chi connectivity index (χ4v) is 4.59. The lowest BCUT2D eigenvalue weighted by atomic mass is 9.90. The van der Waals surface area contributed by atoms with E-state index in [9.17, 15) is 22.8 Å². The fraction of sp³-hybridized carbons (Fsp3) is 0.296. The van der Waals surface area contributed by atoms with Crippen molar-refractivity contribution in [1.82, 2.24) is 4.98 Å². The molecular formula is C27H24F3N3O4. The van der Waals surface area contributed by atoms with Gasteiger partial charge in [-0.15, -0.1) is 0 Å². The molecule has 2 aromatic carbocycles. The average molecular weight is 512 g/mol. The molecule has 7 nitrogen and oxygen atoms in total. The standard InChI is InChI=1S/C27H24F3N3O4/c1-16-2-4-20(32-25(35)18-10-19(15-31-14-18)27(28,29)30)12-21(16)17-3-5-22-23(11-17)37-26(13-24(34)33-22)6-8-36-9-7-26/h2-5,10-12,14-15H,6-9,13H2,1H3,(H,32,35)(H,33,34). The minimum absolute atomic E-state index is 0.113. The number of aromatic nitrogens is 1. The van der Waals surface area contributed by atoms with E-state index >= 15 is 0 Å². The van der Waals surface area contributed by atoms with Crippen molar-refractivity contribution in [2.24, 2.45) is 0 Å². The lowest BCUT2D eigenvalue weighted by Gasteiger charge is -2.35. The van der Waals surface area contributed by atoms with Crippen molar-refractivity contribution >= 4 is 23.2 Å². The minimum Gasteiger partial charge on any atom is -0.484 e. The quantitative estimate of drug-likeness (QED) is 0.478. The number of anilines is 2. The van der Waals surface area contributed by atoms with Crippen LogP contribution in [0.25, 0.3) is 11.1 Å². The molecule has 3 heterocycles. The van der Waals surface area contributed by atoms with Crippen LogP contribution in [0.1, 0.15) is 40.7 Å². The summed E-state index contributed by atoms with van der Waals surface area (Å²) in [6.07, 6.45) is -1.39. The summed E-state index contributed by atoms with van der Waals surface area (Å²) in [6.45, 7) is 2.95. The maximum Gasteiger partial charge on any atom is 0.417 e. The molecule has 37 heavy (non-hydrogen) atoms. The second-order valence-corrected chi connectivity index (χ2v) is 9.28. The Hall–Kier alpha value is -3.92. The highest BCUT2D eigenvalue weighted by molar-refractivity contribution is 6.04. The number of carbonyl (C=O) groups excluding carboxylic acids is 2. The van der Waals surface area contributed by atoms with Gasteiger partial charge >= 0.3 is 6.18 Å². The van der Waals surface area contributed by atoms with Gasteiger partial charge in [0.2, 0.25) is 5.91 Å². The normalized spacial score (nSPS) is 16.8. The third kappa shape index (κ3) is 5.29. The highest BCUT2D eigenvalue weighted by atomic mass is 19.4.